The smallest absolute Gasteiger partial charge is 0.262 e. The van der Waals surface area contributed by atoms with Gasteiger partial charge in [-0.25, -0.2) is 9.97 Å². The van der Waals surface area contributed by atoms with Gasteiger partial charge < -0.3 is 0 Å². The van der Waals surface area contributed by atoms with E-state index < -0.39 is 0 Å². The second kappa shape index (κ2) is 8.35. The van der Waals surface area contributed by atoms with Gasteiger partial charge in [-0.1, -0.05) is 49.9 Å². The Kier molecular flexibility index (Phi) is 5.38. The maximum Gasteiger partial charge on any atom is 0.262 e. The highest BCUT2D eigenvalue weighted by atomic mass is 32.2. The van der Waals surface area contributed by atoms with Crippen LogP contribution in [0.15, 0.2) is 58.5 Å². The molecule has 3 heterocycles. The molecule has 0 spiro atoms. The fourth-order valence-corrected chi connectivity index (χ4v) is 4.76. The summed E-state index contributed by atoms with van der Waals surface area (Å²) >= 11 is 1.56. The van der Waals surface area contributed by atoms with Crippen molar-refractivity contribution in [3.8, 4) is 0 Å². The molecule has 0 aliphatic rings. The fraction of sp³-hybridized carbons (Fsp3) is 0.292. The Hall–Kier alpha value is -3.26. The van der Waals surface area contributed by atoms with E-state index in [-0.39, 0.29) is 5.56 Å². The van der Waals surface area contributed by atoms with Crippen LogP contribution in [0.5, 0.6) is 0 Å². The first-order valence-electron chi connectivity index (χ1n) is 10.7. The molecule has 32 heavy (non-hydrogen) atoms. The first-order chi connectivity index (χ1) is 15.5. The zero-order valence-electron chi connectivity index (χ0n) is 18.3. The zero-order valence-corrected chi connectivity index (χ0v) is 19.1. The highest BCUT2D eigenvalue weighted by Gasteiger charge is 2.17. The third-order valence-electron chi connectivity index (χ3n) is 5.59. The van der Waals surface area contributed by atoms with Crippen LogP contribution < -0.4 is 5.56 Å². The first kappa shape index (κ1) is 20.6. The number of para-hydroxylation sites is 3. The molecule has 0 N–H and O–H groups in total. The molecule has 8 heteroatoms. The van der Waals surface area contributed by atoms with Crippen molar-refractivity contribution >= 4 is 39.5 Å². The maximum absolute atomic E-state index is 13.2. The molecule has 0 radical (unpaired) electrons. The van der Waals surface area contributed by atoms with Crippen molar-refractivity contribution in [3.05, 3.63) is 70.3 Å². The van der Waals surface area contributed by atoms with Gasteiger partial charge in [-0.15, -0.1) is 10.2 Å². The summed E-state index contributed by atoms with van der Waals surface area (Å²) in [6.07, 6.45) is 0.898. The Morgan fingerprint density at radius 1 is 0.969 bits per heavy atom. The molecule has 5 aromatic rings. The number of fused-ring (bicyclic) bond motifs is 4. The molecule has 0 unspecified atom stereocenters. The Bertz CT molecular complexity index is 1500. The van der Waals surface area contributed by atoms with E-state index in [9.17, 15) is 4.79 Å². The van der Waals surface area contributed by atoms with E-state index in [2.05, 4.69) is 24.0 Å². The minimum Gasteiger partial charge on any atom is -0.276 e. The minimum atomic E-state index is -0.0195. The van der Waals surface area contributed by atoms with Crippen molar-refractivity contribution in [2.45, 2.75) is 44.6 Å². The van der Waals surface area contributed by atoms with E-state index in [1.165, 1.54) is 0 Å². The van der Waals surface area contributed by atoms with Gasteiger partial charge in [0.05, 0.1) is 33.3 Å². The van der Waals surface area contributed by atoms with Crippen molar-refractivity contribution in [2.24, 2.45) is 5.92 Å². The normalized spacial score (nSPS) is 11.9. The summed E-state index contributed by atoms with van der Waals surface area (Å²) in [5.41, 5.74) is 4.40. The standard InChI is InChI=1S/C24H24N6OS/c1-15(2)12-13-29-22(31)17-8-4-7-11-21(17)30-23(29)27-28-24(30)32-14-20-16(3)25-18-9-5-6-10-19(18)26-20/h4-11,15H,12-14H2,1-3H3. The van der Waals surface area contributed by atoms with Gasteiger partial charge in [0.15, 0.2) is 5.16 Å². The topological polar surface area (TPSA) is 78.0 Å². The van der Waals surface area contributed by atoms with Crippen LogP contribution in [0.2, 0.25) is 0 Å². The number of benzene rings is 2. The van der Waals surface area contributed by atoms with Crippen molar-refractivity contribution in [3.63, 3.8) is 0 Å². The average molecular weight is 445 g/mol. The van der Waals surface area contributed by atoms with Gasteiger partial charge in [-0.05, 0) is 43.5 Å². The maximum atomic E-state index is 13.2. The third-order valence-corrected chi connectivity index (χ3v) is 6.53. The highest BCUT2D eigenvalue weighted by molar-refractivity contribution is 7.98. The number of hydrogen-bond donors (Lipinski definition) is 0. The van der Waals surface area contributed by atoms with Crippen molar-refractivity contribution in [2.75, 3.05) is 0 Å². The summed E-state index contributed by atoms with van der Waals surface area (Å²) in [5.74, 6) is 1.68. The molecule has 0 amide bonds. The Morgan fingerprint density at radius 3 is 2.47 bits per heavy atom. The van der Waals surface area contributed by atoms with Gasteiger partial charge in [0.1, 0.15) is 0 Å². The summed E-state index contributed by atoms with van der Waals surface area (Å²) in [6, 6.07) is 15.5. The van der Waals surface area contributed by atoms with Gasteiger partial charge in [-0.3, -0.25) is 13.8 Å². The number of hydrogen-bond acceptors (Lipinski definition) is 6. The molecule has 5 rings (SSSR count). The molecule has 0 aliphatic heterocycles. The molecular formula is C24H24N6OS. The number of aryl methyl sites for hydroxylation is 2. The molecular weight excluding hydrogens is 420 g/mol. The van der Waals surface area contributed by atoms with Crippen LogP contribution in [-0.4, -0.2) is 29.1 Å². The molecule has 0 fully saturated rings. The lowest BCUT2D eigenvalue weighted by Crippen LogP contribution is -2.24. The molecule has 0 atom stereocenters. The largest absolute Gasteiger partial charge is 0.276 e. The van der Waals surface area contributed by atoms with E-state index in [4.69, 9.17) is 9.97 Å². The molecule has 0 saturated heterocycles. The van der Waals surface area contributed by atoms with Gasteiger partial charge in [0.25, 0.3) is 5.56 Å². The van der Waals surface area contributed by atoms with E-state index in [0.717, 1.165) is 39.5 Å². The van der Waals surface area contributed by atoms with Gasteiger partial charge in [-0.2, -0.15) is 0 Å². The van der Waals surface area contributed by atoms with Gasteiger partial charge in [0, 0.05) is 12.3 Å². The quantitative estimate of drug-likeness (QED) is 0.355. The first-order valence-corrected chi connectivity index (χ1v) is 11.7. The lowest BCUT2D eigenvalue weighted by Gasteiger charge is -2.12. The van der Waals surface area contributed by atoms with E-state index >= 15 is 0 Å². The number of thioether (sulfide) groups is 1. The molecule has 162 valence electrons. The summed E-state index contributed by atoms with van der Waals surface area (Å²) in [5, 5.41) is 10.3. The lowest BCUT2D eigenvalue weighted by atomic mass is 10.1. The third kappa shape index (κ3) is 3.64. The SMILES string of the molecule is Cc1nc2ccccc2nc1CSc1nnc2n(CCC(C)C)c(=O)c3ccccc3n12. The monoisotopic (exact) mass is 444 g/mol. The lowest BCUT2D eigenvalue weighted by molar-refractivity contribution is 0.512. The van der Waals surface area contributed by atoms with E-state index in [0.29, 0.717) is 29.4 Å². The van der Waals surface area contributed by atoms with Crippen molar-refractivity contribution in [1.29, 1.82) is 0 Å². The van der Waals surface area contributed by atoms with E-state index in [1.54, 1.807) is 16.3 Å². The molecule has 3 aromatic heterocycles. The summed E-state index contributed by atoms with van der Waals surface area (Å²) in [4.78, 5) is 22.7. The fourth-order valence-electron chi connectivity index (χ4n) is 3.81. The second-order valence-corrected chi connectivity index (χ2v) is 9.25. The van der Waals surface area contributed by atoms with Gasteiger partial charge >= 0.3 is 0 Å². The summed E-state index contributed by atoms with van der Waals surface area (Å²) in [6.45, 7) is 6.90. The number of nitrogens with zero attached hydrogens (tertiary/aromatic N) is 6. The van der Waals surface area contributed by atoms with Crippen LogP contribution in [0.4, 0.5) is 0 Å². The van der Waals surface area contributed by atoms with Gasteiger partial charge in [0.2, 0.25) is 5.78 Å². The second-order valence-electron chi connectivity index (χ2n) is 8.31. The Morgan fingerprint density at radius 2 is 1.69 bits per heavy atom. The van der Waals surface area contributed by atoms with E-state index in [1.807, 2.05) is 59.9 Å². The average Bonchev–Trinajstić information content (AvgIpc) is 3.21. The summed E-state index contributed by atoms with van der Waals surface area (Å²) < 4.78 is 3.74. The van der Waals surface area contributed by atoms with Crippen LogP contribution in [0.25, 0.3) is 27.7 Å². The van der Waals surface area contributed by atoms with Crippen LogP contribution in [0.1, 0.15) is 31.7 Å². The Labute approximate surface area is 189 Å². The minimum absolute atomic E-state index is 0.0195. The predicted molar refractivity (Wildman–Crippen MR) is 128 cm³/mol. The van der Waals surface area contributed by atoms with Crippen molar-refractivity contribution < 1.29 is 0 Å². The number of aromatic nitrogens is 6. The molecule has 2 aromatic carbocycles. The van der Waals surface area contributed by atoms with Crippen LogP contribution in [-0.2, 0) is 12.3 Å². The molecule has 0 aliphatic carbocycles. The summed E-state index contributed by atoms with van der Waals surface area (Å²) in [7, 11) is 0. The molecule has 0 bridgehead atoms. The predicted octanol–water partition coefficient (Wildman–Crippen LogP) is 4.63. The Balaban J connectivity index is 1.58. The molecule has 7 nitrogen and oxygen atoms in total. The molecule has 0 saturated carbocycles. The van der Waals surface area contributed by atoms with Crippen LogP contribution in [0.3, 0.4) is 0 Å². The van der Waals surface area contributed by atoms with Crippen molar-refractivity contribution in [1.82, 2.24) is 29.1 Å². The van der Waals surface area contributed by atoms with Crippen LogP contribution in [0, 0.1) is 12.8 Å². The zero-order chi connectivity index (χ0) is 22.2. The highest BCUT2D eigenvalue weighted by Crippen LogP contribution is 2.26. The van der Waals surface area contributed by atoms with Crippen LogP contribution >= 0.6 is 11.8 Å². The number of rotatable bonds is 6.